The molecular formula is C29H37F2N7O3. The summed E-state index contributed by atoms with van der Waals surface area (Å²) in [4.78, 5) is 40.2. The van der Waals surface area contributed by atoms with Gasteiger partial charge in [-0.05, 0) is 58.0 Å². The van der Waals surface area contributed by atoms with Crippen molar-refractivity contribution in [3.8, 4) is 5.75 Å². The van der Waals surface area contributed by atoms with Gasteiger partial charge in [0, 0.05) is 25.2 Å². The van der Waals surface area contributed by atoms with Gasteiger partial charge in [-0.15, -0.1) is 0 Å². The van der Waals surface area contributed by atoms with Gasteiger partial charge >= 0.3 is 0 Å². The van der Waals surface area contributed by atoms with Crippen LogP contribution in [0.25, 0.3) is 0 Å². The summed E-state index contributed by atoms with van der Waals surface area (Å²) >= 11 is 0. The summed E-state index contributed by atoms with van der Waals surface area (Å²) in [5.74, 6) is -1.22. The zero-order valence-corrected chi connectivity index (χ0v) is 23.8. The van der Waals surface area contributed by atoms with Gasteiger partial charge in [-0.3, -0.25) is 9.59 Å². The molecule has 2 fully saturated rings. The van der Waals surface area contributed by atoms with Crippen molar-refractivity contribution in [3.63, 3.8) is 0 Å². The number of carbonyl (C=O) groups excluding carboxylic acids is 2. The van der Waals surface area contributed by atoms with Crippen LogP contribution in [-0.2, 0) is 4.79 Å². The van der Waals surface area contributed by atoms with Crippen molar-refractivity contribution in [3.05, 3.63) is 42.4 Å². The van der Waals surface area contributed by atoms with Crippen molar-refractivity contribution >= 4 is 35.0 Å². The second-order valence-electron chi connectivity index (χ2n) is 11.1. The Morgan fingerprint density at radius 3 is 2.56 bits per heavy atom. The highest BCUT2D eigenvalue weighted by molar-refractivity contribution is 6.04. The van der Waals surface area contributed by atoms with Gasteiger partial charge in [0.25, 0.3) is 11.8 Å². The van der Waals surface area contributed by atoms with Crippen LogP contribution in [0.3, 0.4) is 0 Å². The number of likely N-dealkylation sites (tertiary alicyclic amines) is 1. The Bertz CT molecular complexity index is 1330. The molecule has 2 aromatic rings. The fraction of sp³-hybridized carbons (Fsp3) is 0.517. The van der Waals surface area contributed by atoms with E-state index in [9.17, 15) is 9.59 Å². The smallest absolute Gasteiger partial charge is 0.270 e. The Kier molecular flexibility index (Phi) is 8.12. The predicted octanol–water partition coefficient (Wildman–Crippen LogP) is 3.81. The fourth-order valence-corrected chi connectivity index (χ4v) is 5.85. The summed E-state index contributed by atoms with van der Waals surface area (Å²) in [5.41, 5.74) is -1.82. The van der Waals surface area contributed by atoms with E-state index in [2.05, 4.69) is 32.1 Å². The molecule has 3 heterocycles. The maximum atomic E-state index is 15.8. The first-order valence-electron chi connectivity index (χ1n) is 14.0. The van der Waals surface area contributed by atoms with Crippen molar-refractivity contribution < 1.29 is 23.1 Å². The zero-order chi connectivity index (χ0) is 29.3. The molecule has 1 saturated heterocycles. The van der Waals surface area contributed by atoms with Gasteiger partial charge in [-0.25, -0.2) is 13.8 Å². The Balaban J connectivity index is 1.43. The third-order valence-electron chi connectivity index (χ3n) is 8.37. The molecule has 1 aromatic carbocycles. The number of rotatable bonds is 7. The van der Waals surface area contributed by atoms with Crippen LogP contribution in [0.2, 0.25) is 0 Å². The summed E-state index contributed by atoms with van der Waals surface area (Å²) in [7, 11) is 4.94. The molecule has 3 aliphatic rings. The third-order valence-corrected chi connectivity index (χ3v) is 8.37. The first-order valence-corrected chi connectivity index (χ1v) is 14.0. The van der Waals surface area contributed by atoms with E-state index in [1.807, 2.05) is 11.9 Å². The zero-order valence-electron chi connectivity index (χ0n) is 23.8. The van der Waals surface area contributed by atoms with Gasteiger partial charge < -0.3 is 30.1 Å². The number of aromatic nitrogens is 2. The number of hydrogen-bond donors (Lipinski definition) is 2. The molecule has 0 radical (unpaired) electrons. The van der Waals surface area contributed by atoms with E-state index in [1.165, 1.54) is 37.4 Å². The number of ether oxygens (including phenoxy) is 1. The maximum Gasteiger partial charge on any atom is 0.270 e. The molecule has 0 spiro atoms. The molecule has 10 nitrogen and oxygen atoms in total. The summed E-state index contributed by atoms with van der Waals surface area (Å²) in [5, 5.41) is 5.92. The van der Waals surface area contributed by atoms with Crippen molar-refractivity contribution in [2.45, 2.75) is 56.3 Å². The second kappa shape index (κ2) is 11.6. The normalized spacial score (nSPS) is 22.3. The third kappa shape index (κ3) is 5.70. The van der Waals surface area contributed by atoms with Crippen LogP contribution in [0.15, 0.2) is 31.0 Å². The van der Waals surface area contributed by atoms with Crippen molar-refractivity contribution in [2.75, 3.05) is 56.0 Å². The predicted molar refractivity (Wildman–Crippen MR) is 153 cm³/mol. The lowest BCUT2D eigenvalue weighted by Gasteiger charge is -2.32. The number of nitrogens with zero attached hydrogens (tertiary/aromatic N) is 5. The molecule has 220 valence electrons. The first-order chi connectivity index (χ1) is 19.6. The van der Waals surface area contributed by atoms with Gasteiger partial charge in [-0.2, -0.15) is 4.98 Å². The molecule has 41 heavy (non-hydrogen) atoms. The molecule has 2 aliphatic heterocycles. The number of benzene rings is 1. The SMILES string of the molecule is C=C[C@@]1(F)CN(C2CCCC2)c2nc(Nc3cc(F)c(C(=O)NC4CCN(C)CC4)cc3OC)ncc2N(C)C1=O. The molecule has 1 aliphatic carbocycles. The summed E-state index contributed by atoms with van der Waals surface area (Å²) in [6.07, 6.45) is 7.78. The second-order valence-corrected chi connectivity index (χ2v) is 11.1. The van der Waals surface area contributed by atoms with Crippen LogP contribution in [0.4, 0.5) is 31.9 Å². The van der Waals surface area contributed by atoms with Crippen molar-refractivity contribution in [2.24, 2.45) is 0 Å². The molecule has 0 bridgehead atoms. The molecule has 0 unspecified atom stereocenters. The van der Waals surface area contributed by atoms with Crippen LogP contribution < -0.4 is 25.2 Å². The lowest BCUT2D eigenvalue weighted by atomic mass is 10.0. The van der Waals surface area contributed by atoms with E-state index in [4.69, 9.17) is 4.74 Å². The van der Waals surface area contributed by atoms with Crippen molar-refractivity contribution in [1.82, 2.24) is 20.2 Å². The average Bonchev–Trinajstić information content (AvgIpc) is 3.49. The molecular weight excluding hydrogens is 532 g/mol. The monoisotopic (exact) mass is 569 g/mol. The Morgan fingerprint density at radius 1 is 1.20 bits per heavy atom. The van der Waals surface area contributed by atoms with Gasteiger partial charge in [0.15, 0.2) is 5.82 Å². The highest BCUT2D eigenvalue weighted by atomic mass is 19.1. The van der Waals surface area contributed by atoms with Gasteiger partial charge in [0.05, 0.1) is 31.1 Å². The highest BCUT2D eigenvalue weighted by Crippen LogP contribution is 2.40. The lowest BCUT2D eigenvalue weighted by molar-refractivity contribution is -0.126. The van der Waals surface area contributed by atoms with Gasteiger partial charge in [-0.1, -0.05) is 19.4 Å². The molecule has 5 rings (SSSR count). The lowest BCUT2D eigenvalue weighted by Crippen LogP contribution is -2.49. The fourth-order valence-electron chi connectivity index (χ4n) is 5.85. The van der Waals surface area contributed by atoms with E-state index in [0.29, 0.717) is 11.5 Å². The van der Waals surface area contributed by atoms with E-state index < -0.39 is 23.3 Å². The van der Waals surface area contributed by atoms with Crippen LogP contribution in [0.5, 0.6) is 5.75 Å². The maximum absolute atomic E-state index is 15.8. The van der Waals surface area contributed by atoms with Crippen molar-refractivity contribution in [1.29, 1.82) is 0 Å². The van der Waals surface area contributed by atoms with E-state index in [1.54, 1.807) is 0 Å². The number of carbonyl (C=O) groups is 2. The number of fused-ring (bicyclic) bond motifs is 1. The Labute approximate surface area is 238 Å². The van der Waals surface area contributed by atoms with Crippen LogP contribution in [0, 0.1) is 5.82 Å². The number of nitrogens with one attached hydrogen (secondary N) is 2. The number of hydrogen-bond acceptors (Lipinski definition) is 8. The Morgan fingerprint density at radius 2 is 1.90 bits per heavy atom. The van der Waals surface area contributed by atoms with Crippen LogP contribution in [0.1, 0.15) is 48.9 Å². The van der Waals surface area contributed by atoms with Crippen LogP contribution in [-0.4, -0.2) is 85.3 Å². The number of piperidine rings is 1. The summed E-state index contributed by atoms with van der Waals surface area (Å²) < 4.78 is 36.5. The highest BCUT2D eigenvalue weighted by Gasteiger charge is 2.46. The van der Waals surface area contributed by atoms with Gasteiger partial charge in [0.1, 0.15) is 17.3 Å². The molecule has 12 heteroatoms. The van der Waals surface area contributed by atoms with E-state index >= 15 is 8.78 Å². The standard InChI is InChI=1S/C29H37F2N7O3/c1-5-29(31)17-38(19-8-6-7-9-19)25-23(37(3)27(29)40)16-32-28(35-25)34-22-15-21(30)20(14-24(22)41-4)26(39)33-18-10-12-36(2)13-11-18/h5,14-16,18-19H,1,6-13,17H2,2-4H3,(H,33,39)(H,32,34,35)/t29-/m1/s1. The molecule has 1 saturated carbocycles. The number of halogens is 2. The molecule has 1 atom stereocenters. The first kappa shape index (κ1) is 28.7. The minimum Gasteiger partial charge on any atom is -0.495 e. The average molecular weight is 570 g/mol. The number of anilines is 4. The van der Waals surface area contributed by atoms with Crippen LogP contribution >= 0.6 is 0 Å². The van der Waals surface area contributed by atoms with Gasteiger partial charge in [0.2, 0.25) is 11.6 Å². The number of amides is 2. The quantitative estimate of drug-likeness (QED) is 0.486. The molecule has 2 N–H and O–H groups in total. The number of methoxy groups -OCH3 is 1. The minimum atomic E-state index is -2.29. The Hall–Kier alpha value is -3.80. The molecule has 2 amide bonds. The number of alkyl halides is 1. The van der Waals surface area contributed by atoms with E-state index in [0.717, 1.165) is 57.7 Å². The van der Waals surface area contributed by atoms with E-state index in [-0.39, 0.29) is 41.6 Å². The topological polar surface area (TPSA) is 103 Å². The summed E-state index contributed by atoms with van der Waals surface area (Å²) in [6.45, 7) is 5.10. The molecule has 1 aromatic heterocycles. The minimum absolute atomic E-state index is 0.000199. The summed E-state index contributed by atoms with van der Waals surface area (Å²) in [6, 6.07) is 2.50. The largest absolute Gasteiger partial charge is 0.495 e.